The predicted octanol–water partition coefficient (Wildman–Crippen LogP) is 1.69. The molecule has 80 valence electrons. The molecule has 1 saturated heterocycles. The summed E-state index contributed by atoms with van der Waals surface area (Å²) in [6.07, 6.45) is 3.16. The summed E-state index contributed by atoms with van der Waals surface area (Å²) in [5.74, 6) is 0.628. The lowest BCUT2D eigenvalue weighted by atomic mass is 10.0. The number of hydrogen-bond donors (Lipinski definition) is 1. The summed E-state index contributed by atoms with van der Waals surface area (Å²) in [5, 5.41) is 12.0. The van der Waals surface area contributed by atoms with Gasteiger partial charge in [0, 0.05) is 19.2 Å². The second-order valence-corrected chi connectivity index (χ2v) is 4.00. The molecule has 0 saturated carbocycles. The molecule has 0 aromatic carbocycles. The quantitative estimate of drug-likeness (QED) is 0.728. The zero-order valence-corrected chi connectivity index (χ0v) is 9.12. The Hall–Kier alpha value is -0.590. The highest BCUT2D eigenvalue weighted by Gasteiger charge is 2.24. The maximum atomic E-state index is 8.60. The van der Waals surface area contributed by atoms with Gasteiger partial charge in [-0.3, -0.25) is 0 Å². The van der Waals surface area contributed by atoms with Crippen molar-refractivity contribution < 1.29 is 4.74 Å². The van der Waals surface area contributed by atoms with Gasteiger partial charge in [-0.15, -0.1) is 0 Å². The molecule has 1 fully saturated rings. The molecule has 3 atom stereocenters. The molecule has 1 rings (SSSR count). The molecule has 0 spiro atoms. The van der Waals surface area contributed by atoms with Crippen LogP contribution in [0.2, 0.25) is 0 Å². The van der Waals surface area contributed by atoms with Crippen LogP contribution >= 0.6 is 0 Å². The van der Waals surface area contributed by atoms with E-state index in [1.54, 1.807) is 0 Å². The molecule has 0 amide bonds. The molecular formula is C11H20N2O. The van der Waals surface area contributed by atoms with E-state index < -0.39 is 0 Å². The van der Waals surface area contributed by atoms with E-state index in [2.05, 4.69) is 25.2 Å². The Balaban J connectivity index is 2.21. The van der Waals surface area contributed by atoms with Gasteiger partial charge in [0.05, 0.1) is 18.6 Å². The van der Waals surface area contributed by atoms with Crippen LogP contribution in [0.5, 0.6) is 0 Å². The topological polar surface area (TPSA) is 45.0 Å². The van der Waals surface area contributed by atoms with E-state index in [1.165, 1.54) is 0 Å². The molecular weight excluding hydrogens is 176 g/mol. The highest BCUT2D eigenvalue weighted by molar-refractivity contribution is 4.82. The normalized spacial score (nSPS) is 28.6. The third kappa shape index (κ3) is 3.28. The van der Waals surface area contributed by atoms with Gasteiger partial charge < -0.3 is 10.1 Å². The minimum atomic E-state index is 0.354. The predicted molar refractivity (Wildman–Crippen MR) is 55.8 cm³/mol. The van der Waals surface area contributed by atoms with Gasteiger partial charge in [-0.05, 0) is 25.7 Å². The van der Waals surface area contributed by atoms with Gasteiger partial charge in [-0.2, -0.15) is 5.26 Å². The molecule has 3 heteroatoms. The SMILES string of the molecule is CCC(CC#N)NCC1CCOC1C. The molecule has 3 unspecified atom stereocenters. The third-order valence-corrected chi connectivity index (χ3v) is 3.03. The van der Waals surface area contributed by atoms with Crippen molar-refractivity contribution in [1.82, 2.24) is 5.32 Å². The van der Waals surface area contributed by atoms with E-state index in [1.807, 2.05) is 0 Å². The first-order valence-electron chi connectivity index (χ1n) is 5.49. The average Bonchev–Trinajstić information content (AvgIpc) is 2.59. The smallest absolute Gasteiger partial charge is 0.0638 e. The fourth-order valence-electron chi connectivity index (χ4n) is 1.83. The number of nitriles is 1. The van der Waals surface area contributed by atoms with E-state index in [4.69, 9.17) is 10.00 Å². The van der Waals surface area contributed by atoms with E-state index in [0.29, 0.717) is 24.5 Å². The summed E-state index contributed by atoms with van der Waals surface area (Å²) in [7, 11) is 0. The number of rotatable bonds is 5. The first-order valence-corrected chi connectivity index (χ1v) is 5.49. The highest BCUT2D eigenvalue weighted by atomic mass is 16.5. The molecule has 1 heterocycles. The van der Waals surface area contributed by atoms with Crippen LogP contribution in [0.4, 0.5) is 0 Å². The zero-order chi connectivity index (χ0) is 10.4. The van der Waals surface area contributed by atoms with Crippen molar-refractivity contribution in [3.05, 3.63) is 0 Å². The summed E-state index contributed by atoms with van der Waals surface area (Å²) in [4.78, 5) is 0. The Morgan fingerprint density at radius 2 is 2.43 bits per heavy atom. The third-order valence-electron chi connectivity index (χ3n) is 3.03. The number of hydrogen-bond acceptors (Lipinski definition) is 3. The molecule has 14 heavy (non-hydrogen) atoms. The molecule has 0 radical (unpaired) electrons. The Labute approximate surface area is 86.4 Å². The fourth-order valence-corrected chi connectivity index (χ4v) is 1.83. The number of nitrogens with zero attached hydrogens (tertiary/aromatic N) is 1. The Morgan fingerprint density at radius 1 is 1.64 bits per heavy atom. The lowest BCUT2D eigenvalue weighted by Crippen LogP contribution is -2.34. The first-order chi connectivity index (χ1) is 6.77. The van der Waals surface area contributed by atoms with Crippen LogP contribution in [-0.4, -0.2) is 25.3 Å². The Morgan fingerprint density at radius 3 is 2.93 bits per heavy atom. The van der Waals surface area contributed by atoms with Crippen molar-refractivity contribution in [2.24, 2.45) is 5.92 Å². The molecule has 3 nitrogen and oxygen atoms in total. The molecule has 1 aliphatic heterocycles. The summed E-state index contributed by atoms with van der Waals surface area (Å²) in [5.41, 5.74) is 0. The van der Waals surface area contributed by atoms with Crippen molar-refractivity contribution in [3.63, 3.8) is 0 Å². The van der Waals surface area contributed by atoms with Crippen LogP contribution in [0.1, 0.15) is 33.1 Å². The molecule has 0 aromatic rings. The monoisotopic (exact) mass is 196 g/mol. The largest absolute Gasteiger partial charge is 0.378 e. The number of nitrogens with one attached hydrogen (secondary N) is 1. The van der Waals surface area contributed by atoms with Crippen LogP contribution in [0, 0.1) is 17.2 Å². The molecule has 0 bridgehead atoms. The molecule has 1 N–H and O–H groups in total. The van der Waals surface area contributed by atoms with E-state index >= 15 is 0 Å². The van der Waals surface area contributed by atoms with Crippen molar-refractivity contribution in [2.45, 2.75) is 45.3 Å². The fraction of sp³-hybridized carbons (Fsp3) is 0.909. The Bertz CT molecular complexity index is 200. The lowest BCUT2D eigenvalue weighted by molar-refractivity contribution is 0.105. The second-order valence-electron chi connectivity index (χ2n) is 4.00. The van der Waals surface area contributed by atoms with Crippen LogP contribution in [0.3, 0.4) is 0 Å². The highest BCUT2D eigenvalue weighted by Crippen LogP contribution is 2.19. The molecule has 1 aliphatic rings. The van der Waals surface area contributed by atoms with Gasteiger partial charge in [0.25, 0.3) is 0 Å². The van der Waals surface area contributed by atoms with Crippen LogP contribution in [0.15, 0.2) is 0 Å². The molecule has 0 aromatic heterocycles. The van der Waals surface area contributed by atoms with Crippen LogP contribution < -0.4 is 5.32 Å². The van der Waals surface area contributed by atoms with Gasteiger partial charge in [-0.1, -0.05) is 6.92 Å². The maximum absolute atomic E-state index is 8.60. The maximum Gasteiger partial charge on any atom is 0.0638 e. The first kappa shape index (κ1) is 11.5. The van der Waals surface area contributed by atoms with Crippen molar-refractivity contribution in [2.75, 3.05) is 13.2 Å². The number of ether oxygens (including phenoxy) is 1. The summed E-state index contributed by atoms with van der Waals surface area (Å²) in [6.45, 7) is 6.12. The van der Waals surface area contributed by atoms with Gasteiger partial charge in [0.2, 0.25) is 0 Å². The van der Waals surface area contributed by atoms with Crippen LogP contribution in [0.25, 0.3) is 0 Å². The van der Waals surface area contributed by atoms with E-state index in [-0.39, 0.29) is 0 Å². The average molecular weight is 196 g/mol. The minimum absolute atomic E-state index is 0.354. The van der Waals surface area contributed by atoms with Crippen molar-refractivity contribution in [1.29, 1.82) is 5.26 Å². The lowest BCUT2D eigenvalue weighted by Gasteiger charge is -2.19. The summed E-state index contributed by atoms with van der Waals surface area (Å²) >= 11 is 0. The van der Waals surface area contributed by atoms with Gasteiger partial charge in [0.15, 0.2) is 0 Å². The van der Waals surface area contributed by atoms with Crippen LogP contribution in [-0.2, 0) is 4.74 Å². The second kappa shape index (κ2) is 6.00. The minimum Gasteiger partial charge on any atom is -0.378 e. The molecule has 0 aliphatic carbocycles. The standard InChI is InChI=1S/C11H20N2O/c1-3-11(4-6-12)13-8-10-5-7-14-9(10)2/h9-11,13H,3-5,7-8H2,1-2H3. The zero-order valence-electron chi connectivity index (χ0n) is 9.12. The van der Waals surface area contributed by atoms with Crippen molar-refractivity contribution >= 4 is 0 Å². The summed E-state index contributed by atoms with van der Waals surface area (Å²) < 4.78 is 5.49. The van der Waals surface area contributed by atoms with Gasteiger partial charge in [-0.25, -0.2) is 0 Å². The van der Waals surface area contributed by atoms with E-state index in [9.17, 15) is 0 Å². The van der Waals surface area contributed by atoms with Gasteiger partial charge >= 0.3 is 0 Å². The summed E-state index contributed by atoms with van der Waals surface area (Å²) in [6, 6.07) is 2.57. The van der Waals surface area contributed by atoms with Gasteiger partial charge in [0.1, 0.15) is 0 Å². The van der Waals surface area contributed by atoms with E-state index in [0.717, 1.165) is 26.0 Å². The Kier molecular flexibility index (Phi) is 4.92. The van der Waals surface area contributed by atoms with Crippen molar-refractivity contribution in [3.8, 4) is 6.07 Å².